The SMILES string of the molecule is Cc1cc(N2C[C@@]34C=C[C@H](O3)[C@H](C(=O)NCC[NH+]3CCOCC3)[C@@H]4C2=O)no1. The minimum atomic E-state index is -0.744. The molecule has 4 atom stereocenters. The summed E-state index contributed by atoms with van der Waals surface area (Å²) in [5.41, 5.74) is -0.744. The molecule has 9 nitrogen and oxygen atoms in total. The maximum Gasteiger partial charge on any atom is 0.235 e. The molecule has 2 bridgehead atoms. The topological polar surface area (TPSA) is 98.3 Å². The van der Waals surface area contributed by atoms with Gasteiger partial charge in [0.15, 0.2) is 5.82 Å². The fourth-order valence-electron chi connectivity index (χ4n) is 4.86. The molecule has 3 saturated heterocycles. The van der Waals surface area contributed by atoms with Crippen LogP contribution in [0.5, 0.6) is 0 Å². The molecule has 2 amide bonds. The first-order valence-electron chi connectivity index (χ1n) is 9.88. The summed E-state index contributed by atoms with van der Waals surface area (Å²) in [7, 11) is 0. The van der Waals surface area contributed by atoms with Gasteiger partial charge in [0, 0.05) is 6.07 Å². The summed E-state index contributed by atoms with van der Waals surface area (Å²) in [6.45, 7) is 7.04. The Bertz CT molecular complexity index is 817. The number of nitrogens with zero attached hydrogens (tertiary/aromatic N) is 2. The van der Waals surface area contributed by atoms with Crippen molar-refractivity contribution in [2.75, 3.05) is 50.8 Å². The maximum atomic E-state index is 13.1. The second kappa shape index (κ2) is 6.68. The van der Waals surface area contributed by atoms with E-state index < -0.39 is 17.4 Å². The summed E-state index contributed by atoms with van der Waals surface area (Å²) >= 11 is 0. The number of carbonyl (C=O) groups excluding carboxylic acids is 2. The number of hydrogen-bond donors (Lipinski definition) is 2. The van der Waals surface area contributed by atoms with Crippen LogP contribution in [0.1, 0.15) is 5.76 Å². The summed E-state index contributed by atoms with van der Waals surface area (Å²) in [5, 5.41) is 6.99. The Hall–Kier alpha value is -2.23. The smallest absolute Gasteiger partial charge is 0.235 e. The normalized spacial score (nSPS) is 34.2. The van der Waals surface area contributed by atoms with E-state index in [1.807, 2.05) is 12.2 Å². The van der Waals surface area contributed by atoms with E-state index in [0.717, 1.165) is 32.8 Å². The lowest BCUT2D eigenvalue weighted by molar-refractivity contribution is -0.906. The second-order valence-electron chi connectivity index (χ2n) is 8.02. The maximum absolute atomic E-state index is 13.1. The number of carbonyl (C=O) groups is 2. The van der Waals surface area contributed by atoms with Gasteiger partial charge in [-0.15, -0.1) is 0 Å². The Kier molecular flexibility index (Phi) is 4.26. The number of fused-ring (bicyclic) bond motifs is 1. The van der Waals surface area contributed by atoms with E-state index in [2.05, 4.69) is 10.5 Å². The fourth-order valence-corrected chi connectivity index (χ4v) is 4.86. The third-order valence-corrected chi connectivity index (χ3v) is 6.27. The molecule has 1 spiro atoms. The summed E-state index contributed by atoms with van der Waals surface area (Å²) in [6.07, 6.45) is 3.51. The predicted molar refractivity (Wildman–Crippen MR) is 96.7 cm³/mol. The molecule has 9 heteroatoms. The van der Waals surface area contributed by atoms with Crippen molar-refractivity contribution in [3.63, 3.8) is 0 Å². The van der Waals surface area contributed by atoms with Gasteiger partial charge in [-0.1, -0.05) is 17.3 Å². The molecule has 0 saturated carbocycles. The number of anilines is 1. The number of quaternary nitrogens is 1. The largest absolute Gasteiger partial charge is 0.370 e. The number of morpholine rings is 1. The zero-order valence-electron chi connectivity index (χ0n) is 15.8. The molecule has 0 aromatic carbocycles. The number of amides is 2. The van der Waals surface area contributed by atoms with Gasteiger partial charge in [0.05, 0.1) is 50.8 Å². The van der Waals surface area contributed by atoms with Gasteiger partial charge >= 0.3 is 0 Å². The van der Waals surface area contributed by atoms with Crippen molar-refractivity contribution in [2.45, 2.75) is 18.6 Å². The summed E-state index contributed by atoms with van der Waals surface area (Å²) in [6, 6.07) is 1.73. The lowest BCUT2D eigenvalue weighted by atomic mass is 9.77. The molecule has 150 valence electrons. The van der Waals surface area contributed by atoms with Gasteiger partial charge in [-0.25, -0.2) is 0 Å². The van der Waals surface area contributed by atoms with Crippen molar-refractivity contribution in [2.24, 2.45) is 11.8 Å². The molecule has 5 heterocycles. The van der Waals surface area contributed by atoms with E-state index in [-0.39, 0.29) is 17.9 Å². The van der Waals surface area contributed by atoms with Crippen molar-refractivity contribution >= 4 is 17.6 Å². The Morgan fingerprint density at radius 2 is 2.25 bits per heavy atom. The van der Waals surface area contributed by atoms with E-state index in [0.29, 0.717) is 24.7 Å². The van der Waals surface area contributed by atoms with Crippen molar-refractivity contribution < 1.29 is 28.5 Å². The molecule has 0 unspecified atom stereocenters. The number of aromatic nitrogens is 1. The van der Waals surface area contributed by atoms with E-state index >= 15 is 0 Å². The zero-order chi connectivity index (χ0) is 19.3. The van der Waals surface area contributed by atoms with Gasteiger partial charge in [0.1, 0.15) is 24.5 Å². The molecule has 0 aliphatic carbocycles. The number of hydrogen-bond acceptors (Lipinski definition) is 6. The summed E-state index contributed by atoms with van der Waals surface area (Å²) in [4.78, 5) is 29.1. The number of ether oxygens (including phenoxy) is 2. The fraction of sp³-hybridized carbons (Fsp3) is 0.632. The standard InChI is InChI=1S/C19H24N4O5/c1-12-10-14(21-28-12)23-11-19-3-2-13(27-19)15(16(19)18(23)25)17(24)20-4-5-22-6-8-26-9-7-22/h2-3,10,13,15-16H,4-9,11H2,1H3,(H,20,24)/p+1/t13-,15-,16+,19+/m0/s1. The van der Waals surface area contributed by atoms with Crippen LogP contribution in [0.25, 0.3) is 0 Å². The van der Waals surface area contributed by atoms with Crippen molar-refractivity contribution in [3.8, 4) is 0 Å². The summed E-state index contributed by atoms with van der Waals surface area (Å²) in [5.74, 6) is -0.148. The Morgan fingerprint density at radius 1 is 1.43 bits per heavy atom. The molecule has 5 rings (SSSR count). The van der Waals surface area contributed by atoms with Crippen molar-refractivity contribution in [1.29, 1.82) is 0 Å². The zero-order valence-corrected chi connectivity index (χ0v) is 15.8. The molecule has 0 radical (unpaired) electrons. The van der Waals surface area contributed by atoms with Gasteiger partial charge in [-0.05, 0) is 6.92 Å². The molecular weight excluding hydrogens is 364 g/mol. The van der Waals surface area contributed by atoms with Gasteiger partial charge in [0.2, 0.25) is 11.8 Å². The molecular formula is C19H25N4O5+. The highest BCUT2D eigenvalue weighted by Gasteiger charge is 2.67. The summed E-state index contributed by atoms with van der Waals surface area (Å²) < 4.78 is 16.6. The number of aryl methyl sites for hydroxylation is 1. The van der Waals surface area contributed by atoms with Gasteiger partial charge < -0.3 is 24.2 Å². The average Bonchev–Trinajstić information content (AvgIpc) is 3.44. The minimum Gasteiger partial charge on any atom is -0.370 e. The lowest BCUT2D eigenvalue weighted by Crippen LogP contribution is -3.14. The van der Waals surface area contributed by atoms with Gasteiger partial charge in [-0.2, -0.15) is 0 Å². The molecule has 28 heavy (non-hydrogen) atoms. The highest BCUT2D eigenvalue weighted by atomic mass is 16.5. The van der Waals surface area contributed by atoms with Crippen LogP contribution >= 0.6 is 0 Å². The third kappa shape index (κ3) is 2.76. The lowest BCUT2D eigenvalue weighted by Gasteiger charge is -2.25. The first kappa shape index (κ1) is 17.8. The van der Waals surface area contributed by atoms with Crippen molar-refractivity contribution in [1.82, 2.24) is 10.5 Å². The molecule has 4 aliphatic rings. The number of nitrogens with one attached hydrogen (secondary N) is 2. The van der Waals surface area contributed by atoms with Crippen LogP contribution in [0.4, 0.5) is 5.82 Å². The van der Waals surface area contributed by atoms with Crippen LogP contribution in [0.2, 0.25) is 0 Å². The van der Waals surface area contributed by atoms with Crippen LogP contribution in [0.3, 0.4) is 0 Å². The van der Waals surface area contributed by atoms with E-state index in [1.165, 1.54) is 4.90 Å². The quantitative estimate of drug-likeness (QED) is 0.583. The minimum absolute atomic E-state index is 0.111. The Labute approximate surface area is 162 Å². The molecule has 1 aromatic rings. The first-order chi connectivity index (χ1) is 13.6. The first-order valence-corrected chi connectivity index (χ1v) is 9.88. The molecule has 4 aliphatic heterocycles. The van der Waals surface area contributed by atoms with Gasteiger partial charge in [0.25, 0.3) is 0 Å². The van der Waals surface area contributed by atoms with Crippen molar-refractivity contribution in [3.05, 3.63) is 24.0 Å². The van der Waals surface area contributed by atoms with E-state index in [4.69, 9.17) is 14.0 Å². The van der Waals surface area contributed by atoms with Crippen LogP contribution in [-0.2, 0) is 19.1 Å². The van der Waals surface area contributed by atoms with Crippen LogP contribution in [-0.4, -0.2) is 74.6 Å². The van der Waals surface area contributed by atoms with Crippen LogP contribution < -0.4 is 15.1 Å². The van der Waals surface area contributed by atoms with E-state index in [9.17, 15) is 9.59 Å². The Morgan fingerprint density at radius 3 is 3.00 bits per heavy atom. The highest BCUT2D eigenvalue weighted by Crippen LogP contribution is 2.52. The van der Waals surface area contributed by atoms with Crippen LogP contribution in [0.15, 0.2) is 22.7 Å². The molecule has 1 aromatic heterocycles. The van der Waals surface area contributed by atoms with Crippen LogP contribution in [0, 0.1) is 18.8 Å². The number of rotatable bonds is 5. The van der Waals surface area contributed by atoms with E-state index in [1.54, 1.807) is 17.9 Å². The monoisotopic (exact) mass is 389 g/mol. The van der Waals surface area contributed by atoms with Gasteiger partial charge in [-0.3, -0.25) is 14.5 Å². The molecule has 2 N–H and O–H groups in total. The highest BCUT2D eigenvalue weighted by molar-refractivity contribution is 6.02. The second-order valence-corrected chi connectivity index (χ2v) is 8.02. The predicted octanol–water partition coefficient (Wildman–Crippen LogP) is -1.70. The molecule has 3 fully saturated rings. The Balaban J connectivity index is 1.27. The average molecular weight is 389 g/mol. The third-order valence-electron chi connectivity index (χ3n) is 6.27.